The minimum absolute atomic E-state index is 0.103. The van der Waals surface area contributed by atoms with E-state index in [9.17, 15) is 14.4 Å². The molecule has 0 bridgehead atoms. The third-order valence-corrected chi connectivity index (χ3v) is 11.2. The lowest BCUT2D eigenvalue weighted by molar-refractivity contribution is -0.167. The summed E-state index contributed by atoms with van der Waals surface area (Å²) in [5.41, 5.74) is 0. The van der Waals surface area contributed by atoms with Gasteiger partial charge < -0.3 is 14.2 Å². The molecule has 0 fully saturated rings. The van der Waals surface area contributed by atoms with E-state index >= 15 is 0 Å². The Balaban J connectivity index is 4.43. The summed E-state index contributed by atoms with van der Waals surface area (Å²) >= 11 is 0. The minimum atomic E-state index is -0.805. The largest absolute Gasteiger partial charge is 0.462 e. The van der Waals surface area contributed by atoms with Gasteiger partial charge in [0.05, 0.1) is 0 Å². The second-order valence-corrected chi connectivity index (χ2v) is 17.5. The first-order chi connectivity index (χ1) is 31.5. The molecule has 0 saturated carbocycles. The van der Waals surface area contributed by atoms with E-state index in [1.54, 1.807) is 0 Å². The van der Waals surface area contributed by atoms with Gasteiger partial charge in [-0.05, 0) is 70.6 Å². The van der Waals surface area contributed by atoms with E-state index < -0.39 is 6.10 Å². The molecule has 366 valence electrons. The molecule has 1 unspecified atom stereocenters. The van der Waals surface area contributed by atoms with Crippen molar-refractivity contribution in [2.75, 3.05) is 13.2 Å². The number of allylic oxidation sites excluding steroid dienone is 14. The summed E-state index contributed by atoms with van der Waals surface area (Å²) in [6.07, 6.45) is 67.2. The molecule has 6 heteroatoms. The van der Waals surface area contributed by atoms with E-state index in [0.29, 0.717) is 19.3 Å². The summed E-state index contributed by atoms with van der Waals surface area (Å²) in [4.78, 5) is 38.0. The summed E-state index contributed by atoms with van der Waals surface area (Å²) in [5.74, 6) is -0.977. The lowest BCUT2D eigenvalue weighted by Gasteiger charge is -2.18. The van der Waals surface area contributed by atoms with E-state index in [1.165, 1.54) is 109 Å². The average Bonchev–Trinajstić information content (AvgIpc) is 3.29. The molecule has 0 aromatic rings. The van der Waals surface area contributed by atoms with Crippen LogP contribution in [0.2, 0.25) is 0 Å². The van der Waals surface area contributed by atoms with Gasteiger partial charge in [-0.25, -0.2) is 0 Å². The number of hydrogen-bond acceptors (Lipinski definition) is 6. The van der Waals surface area contributed by atoms with Crippen LogP contribution in [0.25, 0.3) is 0 Å². The standard InChI is InChI=1S/C58H98O6/c1-4-7-10-13-16-19-22-24-26-28-30-31-33-36-39-42-45-48-51-57(60)63-54-55(53-62-56(59)50-47-44-41-38-35-21-18-15-12-9-6-3)64-58(61)52-49-46-43-40-37-34-32-29-27-25-23-20-17-14-11-8-5-2/h9,12,16,18-19,21-22,24,26,28,30-31,38,41,55H,4-8,10-11,13-15,17,20,23,25,27,29,32-37,39-40,42-54H2,1-3H3/b12-9-,19-16-,21-18-,24-22-,28-26-,31-30-,41-38-. The third-order valence-electron chi connectivity index (χ3n) is 11.2. The quantitative estimate of drug-likeness (QED) is 0.0199. The Bertz CT molecular complexity index is 1250. The van der Waals surface area contributed by atoms with Crippen LogP contribution in [0, 0.1) is 0 Å². The molecule has 0 rings (SSSR count). The van der Waals surface area contributed by atoms with E-state index in [-0.39, 0.29) is 37.5 Å². The molecule has 0 radical (unpaired) electrons. The van der Waals surface area contributed by atoms with Crippen molar-refractivity contribution in [2.45, 2.75) is 252 Å². The molecule has 0 aliphatic carbocycles. The Morgan fingerprint density at radius 3 is 1.17 bits per heavy atom. The molecule has 0 heterocycles. The zero-order chi connectivity index (χ0) is 46.5. The highest BCUT2D eigenvalue weighted by atomic mass is 16.6. The lowest BCUT2D eigenvalue weighted by Crippen LogP contribution is -2.30. The first-order valence-electron chi connectivity index (χ1n) is 26.6. The fraction of sp³-hybridized carbons (Fsp3) is 0.707. The monoisotopic (exact) mass is 891 g/mol. The Morgan fingerprint density at radius 2 is 0.688 bits per heavy atom. The van der Waals surface area contributed by atoms with Crippen LogP contribution in [0.1, 0.15) is 245 Å². The van der Waals surface area contributed by atoms with Crippen molar-refractivity contribution < 1.29 is 28.6 Å². The average molecular weight is 891 g/mol. The van der Waals surface area contributed by atoms with Crippen LogP contribution < -0.4 is 0 Å². The van der Waals surface area contributed by atoms with Crippen molar-refractivity contribution in [2.24, 2.45) is 0 Å². The minimum Gasteiger partial charge on any atom is -0.462 e. The van der Waals surface area contributed by atoms with Gasteiger partial charge in [-0.15, -0.1) is 0 Å². The van der Waals surface area contributed by atoms with Gasteiger partial charge in [0.25, 0.3) is 0 Å². The highest BCUT2D eigenvalue weighted by molar-refractivity contribution is 5.71. The van der Waals surface area contributed by atoms with Crippen LogP contribution in [0.5, 0.6) is 0 Å². The maximum atomic E-state index is 12.8. The molecule has 0 N–H and O–H groups in total. The smallest absolute Gasteiger partial charge is 0.306 e. The topological polar surface area (TPSA) is 78.9 Å². The Morgan fingerprint density at radius 1 is 0.344 bits per heavy atom. The molecule has 0 aromatic heterocycles. The summed E-state index contributed by atoms with van der Waals surface area (Å²) in [6, 6.07) is 0. The number of carbonyl (C=O) groups excluding carboxylic acids is 3. The number of unbranched alkanes of at least 4 members (excludes halogenated alkanes) is 25. The van der Waals surface area contributed by atoms with Crippen molar-refractivity contribution >= 4 is 17.9 Å². The van der Waals surface area contributed by atoms with Gasteiger partial charge in [0, 0.05) is 19.3 Å². The summed E-state index contributed by atoms with van der Waals surface area (Å²) in [6.45, 7) is 6.42. The molecule has 0 saturated heterocycles. The fourth-order valence-electron chi connectivity index (χ4n) is 7.24. The Labute approximate surface area is 395 Å². The van der Waals surface area contributed by atoms with Crippen LogP contribution >= 0.6 is 0 Å². The van der Waals surface area contributed by atoms with Gasteiger partial charge >= 0.3 is 17.9 Å². The van der Waals surface area contributed by atoms with Crippen molar-refractivity contribution in [1.82, 2.24) is 0 Å². The summed E-state index contributed by atoms with van der Waals surface area (Å²) in [5, 5.41) is 0. The molecule has 0 spiro atoms. The third kappa shape index (κ3) is 49.6. The van der Waals surface area contributed by atoms with Crippen LogP contribution in [-0.2, 0) is 28.6 Å². The molecular formula is C58H98O6. The molecule has 0 amide bonds. The second-order valence-electron chi connectivity index (χ2n) is 17.5. The zero-order valence-corrected chi connectivity index (χ0v) is 41.8. The van der Waals surface area contributed by atoms with Crippen molar-refractivity contribution in [3.05, 3.63) is 85.1 Å². The maximum absolute atomic E-state index is 12.8. The predicted molar refractivity (Wildman–Crippen MR) is 274 cm³/mol. The van der Waals surface area contributed by atoms with E-state index in [2.05, 4.69) is 106 Å². The van der Waals surface area contributed by atoms with Crippen LogP contribution in [0.4, 0.5) is 0 Å². The van der Waals surface area contributed by atoms with Crippen LogP contribution in [-0.4, -0.2) is 37.2 Å². The Hall–Kier alpha value is -3.41. The van der Waals surface area contributed by atoms with Crippen molar-refractivity contribution in [3.8, 4) is 0 Å². The molecule has 0 aromatic carbocycles. The lowest BCUT2D eigenvalue weighted by atomic mass is 10.0. The highest BCUT2D eigenvalue weighted by Gasteiger charge is 2.19. The van der Waals surface area contributed by atoms with Crippen molar-refractivity contribution in [3.63, 3.8) is 0 Å². The van der Waals surface area contributed by atoms with Gasteiger partial charge in [0.15, 0.2) is 6.10 Å². The first-order valence-corrected chi connectivity index (χ1v) is 26.6. The molecular weight excluding hydrogens is 793 g/mol. The van der Waals surface area contributed by atoms with Gasteiger partial charge in [-0.2, -0.15) is 0 Å². The zero-order valence-electron chi connectivity index (χ0n) is 41.8. The number of ether oxygens (including phenoxy) is 3. The number of hydrogen-bond donors (Lipinski definition) is 0. The van der Waals surface area contributed by atoms with Crippen LogP contribution in [0.3, 0.4) is 0 Å². The molecule has 0 aliphatic heterocycles. The molecule has 1 atom stereocenters. The van der Waals surface area contributed by atoms with Crippen LogP contribution in [0.15, 0.2) is 85.1 Å². The van der Waals surface area contributed by atoms with Gasteiger partial charge in [-0.1, -0.05) is 241 Å². The second kappa shape index (κ2) is 52.2. The first kappa shape index (κ1) is 60.6. The number of rotatable bonds is 47. The number of carbonyl (C=O) groups is 3. The molecule has 64 heavy (non-hydrogen) atoms. The van der Waals surface area contributed by atoms with E-state index in [1.807, 2.05) is 0 Å². The normalized spacial score (nSPS) is 12.7. The number of esters is 3. The fourth-order valence-corrected chi connectivity index (χ4v) is 7.24. The van der Waals surface area contributed by atoms with E-state index in [4.69, 9.17) is 14.2 Å². The van der Waals surface area contributed by atoms with Crippen molar-refractivity contribution in [1.29, 1.82) is 0 Å². The highest BCUT2D eigenvalue weighted by Crippen LogP contribution is 2.15. The predicted octanol–water partition coefficient (Wildman–Crippen LogP) is 17.6. The van der Waals surface area contributed by atoms with Gasteiger partial charge in [0.2, 0.25) is 0 Å². The van der Waals surface area contributed by atoms with Gasteiger partial charge in [-0.3, -0.25) is 14.4 Å². The summed E-state index contributed by atoms with van der Waals surface area (Å²) < 4.78 is 16.7. The maximum Gasteiger partial charge on any atom is 0.306 e. The van der Waals surface area contributed by atoms with Gasteiger partial charge in [0.1, 0.15) is 13.2 Å². The Kier molecular flexibility index (Phi) is 49.4. The van der Waals surface area contributed by atoms with E-state index in [0.717, 1.165) is 89.9 Å². The SMILES string of the molecule is CC/C=C\C/C=C\C/C=C\CCCC(=O)OCC(COC(=O)CCCCCCC\C=C/C=C\C=C/C=C\CCCCC)OC(=O)CCCCCCCCCCCCCCCCCCC. The molecule has 6 nitrogen and oxygen atoms in total. The summed E-state index contributed by atoms with van der Waals surface area (Å²) in [7, 11) is 0. The molecule has 0 aliphatic rings.